The van der Waals surface area contributed by atoms with Gasteiger partial charge in [-0.25, -0.2) is 9.59 Å². The van der Waals surface area contributed by atoms with Crippen molar-refractivity contribution in [3.63, 3.8) is 0 Å². The van der Waals surface area contributed by atoms with Crippen LogP contribution in [-0.2, 0) is 30.3 Å². The number of aliphatic carboxylic acids is 1. The normalized spacial score (nSPS) is 13.0. The second kappa shape index (κ2) is 10.3. The first kappa shape index (κ1) is 22.9. The van der Waals surface area contributed by atoms with Crippen LogP contribution in [0.2, 0.25) is 0 Å². The minimum Gasteiger partial charge on any atom is -0.480 e. The van der Waals surface area contributed by atoms with E-state index < -0.39 is 48.2 Å². The van der Waals surface area contributed by atoms with Crippen LogP contribution in [0.15, 0.2) is 30.3 Å². The largest absolute Gasteiger partial charge is 0.480 e. The van der Waals surface area contributed by atoms with E-state index in [4.69, 9.17) is 9.47 Å². The van der Waals surface area contributed by atoms with Crippen molar-refractivity contribution in [1.82, 2.24) is 10.6 Å². The van der Waals surface area contributed by atoms with Gasteiger partial charge in [-0.3, -0.25) is 9.59 Å². The summed E-state index contributed by atoms with van der Waals surface area (Å²) >= 11 is 0. The Morgan fingerprint density at radius 2 is 1.64 bits per heavy atom. The number of esters is 1. The molecule has 0 heterocycles. The molecule has 1 aromatic carbocycles. The molecule has 9 nitrogen and oxygen atoms in total. The summed E-state index contributed by atoms with van der Waals surface area (Å²) in [5, 5.41) is 14.1. The van der Waals surface area contributed by atoms with Gasteiger partial charge in [-0.2, -0.15) is 0 Å². The number of carboxylic acid groups (broad SMARTS) is 1. The van der Waals surface area contributed by atoms with Crippen molar-refractivity contribution in [2.24, 2.45) is 0 Å². The summed E-state index contributed by atoms with van der Waals surface area (Å²) in [6.45, 7) is 5.63. The number of alkyl carbamates (subject to hydrolysis) is 1. The summed E-state index contributed by atoms with van der Waals surface area (Å²) in [5.74, 6) is -2.70. The fourth-order valence-corrected chi connectivity index (χ4v) is 2.16. The zero-order valence-corrected chi connectivity index (χ0v) is 16.4. The molecule has 1 rings (SSSR count). The maximum Gasteiger partial charge on any atom is 0.408 e. The number of hydrogen-bond acceptors (Lipinski definition) is 6. The number of amides is 2. The average Bonchev–Trinajstić information content (AvgIpc) is 2.56. The number of carbonyl (C=O) groups is 4. The van der Waals surface area contributed by atoms with Crippen molar-refractivity contribution in [3.8, 4) is 0 Å². The van der Waals surface area contributed by atoms with Gasteiger partial charge in [0.25, 0.3) is 0 Å². The third-order valence-corrected chi connectivity index (χ3v) is 3.36. The van der Waals surface area contributed by atoms with Crippen LogP contribution in [0.25, 0.3) is 0 Å². The summed E-state index contributed by atoms with van der Waals surface area (Å²) in [6, 6.07) is 6.23. The highest BCUT2D eigenvalue weighted by Crippen LogP contribution is 2.08. The Hall–Kier alpha value is -3.10. The molecule has 1 aromatic rings. The number of ether oxygens (including phenoxy) is 2. The predicted molar refractivity (Wildman–Crippen MR) is 99.5 cm³/mol. The van der Waals surface area contributed by atoms with Gasteiger partial charge in [-0.15, -0.1) is 0 Å². The van der Waals surface area contributed by atoms with Gasteiger partial charge >= 0.3 is 18.0 Å². The Morgan fingerprint density at radius 1 is 1.04 bits per heavy atom. The maximum absolute atomic E-state index is 12.5. The van der Waals surface area contributed by atoms with Gasteiger partial charge in [0.1, 0.15) is 24.3 Å². The van der Waals surface area contributed by atoms with Crippen molar-refractivity contribution in [2.75, 3.05) is 6.61 Å². The molecule has 0 saturated heterocycles. The van der Waals surface area contributed by atoms with Gasteiger partial charge < -0.3 is 25.2 Å². The van der Waals surface area contributed by atoms with E-state index in [1.807, 2.05) is 0 Å². The summed E-state index contributed by atoms with van der Waals surface area (Å²) in [4.78, 5) is 47.1. The van der Waals surface area contributed by atoms with Crippen molar-refractivity contribution in [3.05, 3.63) is 35.9 Å². The molecule has 0 radical (unpaired) electrons. The van der Waals surface area contributed by atoms with Crippen molar-refractivity contribution in [2.45, 2.75) is 51.8 Å². The summed E-state index contributed by atoms with van der Waals surface area (Å²) in [6.07, 6.45) is -0.844. The fourth-order valence-electron chi connectivity index (χ4n) is 2.16. The lowest BCUT2D eigenvalue weighted by Crippen LogP contribution is -2.54. The van der Waals surface area contributed by atoms with Crippen LogP contribution >= 0.6 is 0 Å². The van der Waals surface area contributed by atoms with E-state index >= 15 is 0 Å². The van der Waals surface area contributed by atoms with Gasteiger partial charge in [0.2, 0.25) is 5.91 Å². The topological polar surface area (TPSA) is 131 Å². The van der Waals surface area contributed by atoms with Gasteiger partial charge in [0.15, 0.2) is 0 Å². The molecule has 0 spiro atoms. The van der Waals surface area contributed by atoms with E-state index in [1.54, 1.807) is 51.1 Å². The maximum atomic E-state index is 12.5. The van der Waals surface area contributed by atoms with Crippen LogP contribution in [-0.4, -0.2) is 53.3 Å². The lowest BCUT2D eigenvalue weighted by molar-refractivity contribution is -0.145. The Balaban J connectivity index is 2.85. The summed E-state index contributed by atoms with van der Waals surface area (Å²) < 4.78 is 9.89. The molecular formula is C19H26N2O7. The molecule has 0 aromatic heterocycles. The lowest BCUT2D eigenvalue weighted by atomic mass is 10.1. The van der Waals surface area contributed by atoms with Crippen molar-refractivity contribution < 1.29 is 33.8 Å². The SMILES string of the molecule is CC(=O)OC[C@H](NC(=O)OC(C)(C)C)C(=O)N[C@@H](Cc1ccccc1)C(=O)O. The predicted octanol–water partition coefficient (Wildman–Crippen LogP) is 1.25. The van der Waals surface area contributed by atoms with E-state index in [0.717, 1.165) is 6.92 Å². The minimum atomic E-state index is -1.31. The minimum absolute atomic E-state index is 0.0502. The highest BCUT2D eigenvalue weighted by molar-refractivity contribution is 5.89. The number of rotatable bonds is 8. The van der Waals surface area contributed by atoms with E-state index in [1.165, 1.54) is 0 Å². The Kier molecular flexibility index (Phi) is 8.43. The van der Waals surface area contributed by atoms with Crippen LogP contribution in [0.1, 0.15) is 33.3 Å². The zero-order chi connectivity index (χ0) is 21.3. The van der Waals surface area contributed by atoms with E-state index in [2.05, 4.69) is 10.6 Å². The fraction of sp³-hybridized carbons (Fsp3) is 0.474. The van der Waals surface area contributed by atoms with Crippen LogP contribution in [0.5, 0.6) is 0 Å². The standard InChI is InChI=1S/C19H26N2O7/c1-12(22)27-11-15(21-18(26)28-19(2,3)4)16(23)20-14(17(24)25)10-13-8-6-5-7-9-13/h5-9,14-15H,10-11H2,1-4H3,(H,20,23)(H,21,26)(H,24,25)/t14-,15-/m0/s1. The molecule has 154 valence electrons. The molecule has 2 atom stereocenters. The monoisotopic (exact) mass is 394 g/mol. The van der Waals surface area contributed by atoms with Crippen molar-refractivity contribution in [1.29, 1.82) is 0 Å². The second-order valence-corrected chi connectivity index (χ2v) is 7.09. The van der Waals surface area contributed by atoms with Gasteiger partial charge in [-0.05, 0) is 26.3 Å². The average molecular weight is 394 g/mol. The van der Waals surface area contributed by atoms with E-state index in [-0.39, 0.29) is 6.42 Å². The van der Waals surface area contributed by atoms with Crippen LogP contribution in [0.3, 0.4) is 0 Å². The summed E-state index contributed by atoms with van der Waals surface area (Å²) in [7, 11) is 0. The molecule has 0 bridgehead atoms. The molecule has 0 fully saturated rings. The van der Waals surface area contributed by atoms with E-state index in [9.17, 15) is 24.3 Å². The van der Waals surface area contributed by atoms with E-state index in [0.29, 0.717) is 5.56 Å². The molecule has 0 saturated carbocycles. The molecule has 0 aliphatic carbocycles. The Labute approximate surface area is 163 Å². The molecule has 2 amide bonds. The highest BCUT2D eigenvalue weighted by Gasteiger charge is 2.29. The molecule has 9 heteroatoms. The molecule has 28 heavy (non-hydrogen) atoms. The second-order valence-electron chi connectivity index (χ2n) is 7.09. The third-order valence-electron chi connectivity index (χ3n) is 3.36. The molecular weight excluding hydrogens is 368 g/mol. The Morgan fingerprint density at radius 3 is 2.14 bits per heavy atom. The van der Waals surface area contributed by atoms with Crippen LogP contribution in [0, 0.1) is 0 Å². The molecule has 3 N–H and O–H groups in total. The first-order chi connectivity index (χ1) is 13.0. The molecule has 0 aliphatic heterocycles. The van der Waals surface area contributed by atoms with Crippen LogP contribution < -0.4 is 10.6 Å². The quantitative estimate of drug-likeness (QED) is 0.566. The van der Waals surface area contributed by atoms with Gasteiger partial charge in [0.05, 0.1) is 0 Å². The Bertz CT molecular complexity index is 698. The van der Waals surface area contributed by atoms with Gasteiger partial charge in [0, 0.05) is 13.3 Å². The number of hydrogen-bond donors (Lipinski definition) is 3. The number of nitrogens with one attached hydrogen (secondary N) is 2. The van der Waals surface area contributed by atoms with Crippen molar-refractivity contribution >= 4 is 23.9 Å². The molecule has 0 aliphatic rings. The zero-order valence-electron chi connectivity index (χ0n) is 16.4. The van der Waals surface area contributed by atoms with Crippen LogP contribution in [0.4, 0.5) is 4.79 Å². The third kappa shape index (κ3) is 9.02. The van der Waals surface area contributed by atoms with Gasteiger partial charge in [-0.1, -0.05) is 30.3 Å². The first-order valence-electron chi connectivity index (χ1n) is 8.68. The molecule has 0 unspecified atom stereocenters. The first-order valence-corrected chi connectivity index (χ1v) is 8.68. The smallest absolute Gasteiger partial charge is 0.408 e. The number of carbonyl (C=O) groups excluding carboxylic acids is 3. The summed E-state index contributed by atoms with van der Waals surface area (Å²) in [5.41, 5.74) is -0.0875. The lowest BCUT2D eigenvalue weighted by Gasteiger charge is -2.24. The number of carboxylic acids is 1. The highest BCUT2D eigenvalue weighted by atomic mass is 16.6. The number of benzene rings is 1.